The van der Waals surface area contributed by atoms with E-state index >= 15 is 0 Å². The van der Waals surface area contributed by atoms with E-state index in [2.05, 4.69) is 37.9 Å². The molecule has 1 aromatic carbocycles. The molecule has 0 amide bonds. The molecule has 0 unspecified atom stereocenters. The lowest BCUT2D eigenvalue weighted by molar-refractivity contribution is -0.140. The lowest BCUT2D eigenvalue weighted by atomic mass is 9.87. The topological polar surface area (TPSA) is 60.7 Å². The highest BCUT2D eigenvalue weighted by atomic mass is 32.1. The first-order valence-electron chi connectivity index (χ1n) is 11.4. The van der Waals surface area contributed by atoms with Gasteiger partial charge in [0.1, 0.15) is 6.04 Å². The molecule has 34 heavy (non-hydrogen) atoms. The second-order valence-corrected chi connectivity index (χ2v) is 11.9. The van der Waals surface area contributed by atoms with E-state index in [0.717, 1.165) is 10.4 Å². The third-order valence-corrected chi connectivity index (χ3v) is 7.58. The molecule has 0 radical (unpaired) electrons. The van der Waals surface area contributed by atoms with Crippen molar-refractivity contribution in [2.45, 2.75) is 53.0 Å². The molecule has 1 atom stereocenters. The van der Waals surface area contributed by atoms with Crippen molar-refractivity contribution < 1.29 is 9.53 Å². The van der Waals surface area contributed by atoms with Gasteiger partial charge in [-0.1, -0.05) is 76.3 Å². The quantitative estimate of drug-likeness (QED) is 0.479. The van der Waals surface area contributed by atoms with Crippen molar-refractivity contribution in [3.63, 3.8) is 0 Å². The normalized spacial score (nSPS) is 16.6. The van der Waals surface area contributed by atoms with Crippen LogP contribution in [0.3, 0.4) is 0 Å². The van der Waals surface area contributed by atoms with Crippen molar-refractivity contribution in [2.24, 2.45) is 10.9 Å². The number of fused-ring (bicyclic) bond motifs is 1. The zero-order chi connectivity index (χ0) is 24.6. The first-order chi connectivity index (χ1) is 16.1. The summed E-state index contributed by atoms with van der Waals surface area (Å²) in [5, 5.41) is 1.95. The highest BCUT2D eigenvalue weighted by Gasteiger charge is 2.34. The number of hydrogen-bond acceptors (Lipinski definition) is 6. The summed E-state index contributed by atoms with van der Waals surface area (Å²) in [7, 11) is 0. The predicted octanol–water partition coefficient (Wildman–Crippen LogP) is 4.79. The molecule has 3 heterocycles. The summed E-state index contributed by atoms with van der Waals surface area (Å²) in [5.74, 6) is -0.198. The number of carbonyl (C=O) groups is 1. The molecular formula is C27H30N2O3S2. The average molecular weight is 495 g/mol. The molecule has 1 aliphatic heterocycles. The van der Waals surface area contributed by atoms with E-state index < -0.39 is 12.0 Å². The zero-order valence-corrected chi connectivity index (χ0v) is 22.0. The van der Waals surface area contributed by atoms with Crippen LogP contribution < -0.4 is 14.9 Å². The van der Waals surface area contributed by atoms with Crippen LogP contribution in [-0.4, -0.2) is 17.1 Å². The number of esters is 1. The fourth-order valence-electron chi connectivity index (χ4n) is 3.85. The number of thiazole rings is 1. The largest absolute Gasteiger partial charge is 0.462 e. The van der Waals surface area contributed by atoms with Gasteiger partial charge in [0.2, 0.25) is 0 Å². The van der Waals surface area contributed by atoms with Gasteiger partial charge in [0.25, 0.3) is 5.56 Å². The van der Waals surface area contributed by atoms with Gasteiger partial charge in [0.15, 0.2) is 4.80 Å². The second kappa shape index (κ2) is 9.47. The fraction of sp³-hybridized carbons (Fsp3) is 0.370. The predicted molar refractivity (Wildman–Crippen MR) is 139 cm³/mol. The van der Waals surface area contributed by atoms with E-state index in [1.165, 1.54) is 28.2 Å². The lowest BCUT2D eigenvalue weighted by Gasteiger charge is -2.23. The zero-order valence-electron chi connectivity index (χ0n) is 20.4. The van der Waals surface area contributed by atoms with E-state index in [0.29, 0.717) is 27.2 Å². The third-order valence-electron chi connectivity index (χ3n) is 5.68. The molecule has 3 aromatic rings. The third kappa shape index (κ3) is 4.86. The van der Waals surface area contributed by atoms with E-state index in [4.69, 9.17) is 4.74 Å². The summed E-state index contributed by atoms with van der Waals surface area (Å²) in [4.78, 5) is 32.9. The van der Waals surface area contributed by atoms with Crippen LogP contribution in [-0.2, 0) is 14.9 Å². The smallest absolute Gasteiger partial charge is 0.338 e. The number of nitrogens with zero attached hydrogens (tertiary/aromatic N) is 2. The van der Waals surface area contributed by atoms with Crippen LogP contribution in [0.1, 0.15) is 63.6 Å². The summed E-state index contributed by atoms with van der Waals surface area (Å²) in [6.07, 6.45) is 1.90. The minimum atomic E-state index is -0.540. The Hall–Kier alpha value is -2.77. The summed E-state index contributed by atoms with van der Waals surface area (Å²) < 4.78 is 7.80. The van der Waals surface area contributed by atoms with Crippen LogP contribution in [0.5, 0.6) is 0 Å². The minimum Gasteiger partial charge on any atom is -0.462 e. The van der Waals surface area contributed by atoms with Gasteiger partial charge in [-0.25, -0.2) is 9.79 Å². The van der Waals surface area contributed by atoms with Crippen molar-refractivity contribution >= 4 is 34.7 Å². The van der Waals surface area contributed by atoms with Crippen molar-refractivity contribution in [2.75, 3.05) is 6.61 Å². The highest BCUT2D eigenvalue weighted by molar-refractivity contribution is 7.10. The molecule has 1 aliphatic rings. The number of aromatic nitrogens is 1. The highest BCUT2D eigenvalue weighted by Crippen LogP contribution is 2.33. The monoisotopic (exact) mass is 494 g/mol. The lowest BCUT2D eigenvalue weighted by Crippen LogP contribution is -2.39. The van der Waals surface area contributed by atoms with Crippen LogP contribution >= 0.6 is 22.7 Å². The molecule has 178 valence electrons. The number of thiophene rings is 1. The van der Waals surface area contributed by atoms with Crippen LogP contribution in [0.2, 0.25) is 0 Å². The molecule has 4 rings (SSSR count). The molecule has 5 nitrogen and oxygen atoms in total. The standard InChI is InChI=1S/C27H30N2O3S2/c1-16(2)15-32-25(31)22-17(3)28-26-29(23(22)20-8-7-13-33-20)24(30)21(34-26)14-18-9-11-19(12-10-18)27(4,5)6/h7-14,16,23H,15H2,1-6H3/b21-14+/t23-/m0/s1. The van der Waals surface area contributed by atoms with Gasteiger partial charge in [-0.2, -0.15) is 0 Å². The fourth-order valence-corrected chi connectivity index (χ4v) is 5.72. The van der Waals surface area contributed by atoms with Crippen LogP contribution in [0.25, 0.3) is 6.08 Å². The molecule has 0 bridgehead atoms. The van der Waals surface area contributed by atoms with Gasteiger partial charge < -0.3 is 4.74 Å². The average Bonchev–Trinajstić information content (AvgIpc) is 3.40. The van der Waals surface area contributed by atoms with Gasteiger partial charge in [-0.05, 0) is 46.9 Å². The van der Waals surface area contributed by atoms with Gasteiger partial charge >= 0.3 is 5.97 Å². The van der Waals surface area contributed by atoms with Gasteiger partial charge in [0, 0.05) is 4.88 Å². The Morgan fingerprint density at radius 2 is 1.91 bits per heavy atom. The maximum Gasteiger partial charge on any atom is 0.338 e. The van der Waals surface area contributed by atoms with Crippen LogP contribution in [0.15, 0.2) is 62.8 Å². The number of rotatable bonds is 5. The summed E-state index contributed by atoms with van der Waals surface area (Å²) in [6.45, 7) is 12.7. The Morgan fingerprint density at radius 1 is 1.21 bits per heavy atom. The maximum absolute atomic E-state index is 13.6. The summed E-state index contributed by atoms with van der Waals surface area (Å²) >= 11 is 2.87. The number of hydrogen-bond donors (Lipinski definition) is 0. The Morgan fingerprint density at radius 3 is 2.50 bits per heavy atom. The van der Waals surface area contributed by atoms with Gasteiger partial charge in [-0.3, -0.25) is 9.36 Å². The molecule has 0 fully saturated rings. The number of benzene rings is 1. The molecule has 0 saturated carbocycles. The molecule has 0 aliphatic carbocycles. The molecule has 7 heteroatoms. The molecule has 0 N–H and O–H groups in total. The minimum absolute atomic E-state index is 0.0662. The van der Waals surface area contributed by atoms with Crippen LogP contribution in [0, 0.1) is 5.92 Å². The number of carbonyl (C=O) groups excluding carboxylic acids is 1. The van der Waals surface area contributed by atoms with Crippen LogP contribution in [0.4, 0.5) is 0 Å². The Balaban J connectivity index is 1.82. The number of ether oxygens (including phenoxy) is 1. The SMILES string of the molecule is CC1=C(C(=O)OCC(C)C)[C@H](c2cccs2)n2c(s/c(=C/c3ccc(C(C)(C)C)cc3)c2=O)=N1. The van der Waals surface area contributed by atoms with Crippen molar-refractivity contribution in [1.29, 1.82) is 0 Å². The first kappa shape index (κ1) is 24.4. The van der Waals surface area contributed by atoms with E-state index in [9.17, 15) is 9.59 Å². The molecule has 0 spiro atoms. The molecule has 2 aromatic heterocycles. The molecular weight excluding hydrogens is 464 g/mol. The van der Waals surface area contributed by atoms with E-state index in [-0.39, 0.29) is 16.9 Å². The summed E-state index contributed by atoms with van der Waals surface area (Å²) in [5.41, 5.74) is 3.13. The molecule has 0 saturated heterocycles. The Bertz CT molecular complexity index is 1400. The van der Waals surface area contributed by atoms with Crippen molar-refractivity contribution in [1.82, 2.24) is 4.57 Å². The first-order valence-corrected chi connectivity index (χ1v) is 13.1. The number of allylic oxidation sites excluding steroid dienone is 1. The van der Waals surface area contributed by atoms with E-state index in [1.807, 2.05) is 56.5 Å². The Labute approximate surface area is 207 Å². The Kier molecular flexibility index (Phi) is 6.78. The summed E-state index contributed by atoms with van der Waals surface area (Å²) in [6, 6.07) is 11.6. The second-order valence-electron chi connectivity index (χ2n) is 9.96. The van der Waals surface area contributed by atoms with Crippen molar-refractivity contribution in [3.8, 4) is 0 Å². The van der Waals surface area contributed by atoms with Gasteiger partial charge in [-0.15, -0.1) is 11.3 Å². The van der Waals surface area contributed by atoms with E-state index in [1.54, 1.807) is 4.57 Å². The maximum atomic E-state index is 13.6. The van der Waals surface area contributed by atoms with Crippen molar-refractivity contribution in [3.05, 3.63) is 88.7 Å². The van der Waals surface area contributed by atoms with Gasteiger partial charge in [0.05, 0.1) is 22.4 Å².